The summed E-state index contributed by atoms with van der Waals surface area (Å²) in [5.41, 5.74) is 0. The predicted molar refractivity (Wildman–Crippen MR) is 68.4 cm³/mol. The maximum atomic E-state index is 13.7. The Morgan fingerprint density at radius 1 is 0.957 bits per heavy atom. The van der Waals surface area contributed by atoms with Crippen LogP contribution in [0.1, 0.15) is 6.92 Å². The molecule has 0 saturated heterocycles. The highest BCUT2D eigenvalue weighted by atomic mass is 32.2. The van der Waals surface area contributed by atoms with E-state index < -0.39 is 71.1 Å². The Morgan fingerprint density at radius 2 is 1.35 bits per heavy atom. The molecule has 0 aromatic heterocycles. The van der Waals surface area contributed by atoms with Crippen molar-refractivity contribution in [3.63, 3.8) is 0 Å². The fourth-order valence-corrected chi connectivity index (χ4v) is 3.56. The Labute approximate surface area is 128 Å². The second kappa shape index (κ2) is 6.41. The summed E-state index contributed by atoms with van der Waals surface area (Å²) in [6, 6.07) is 0. The molecule has 0 saturated carbocycles. The molecule has 7 nitrogen and oxygen atoms in total. The molecule has 0 unspecified atom stereocenters. The van der Waals surface area contributed by atoms with Gasteiger partial charge in [-0.05, 0) is 0 Å². The molecule has 0 bridgehead atoms. The highest BCUT2D eigenvalue weighted by molar-refractivity contribution is 7.91. The number of benzene rings is 1. The number of amides is 1. The molecular weight excluding hydrogens is 368 g/mol. The van der Waals surface area contributed by atoms with Crippen LogP contribution in [-0.4, -0.2) is 35.0 Å². The molecule has 0 radical (unpaired) electrons. The summed E-state index contributed by atoms with van der Waals surface area (Å²) in [4.78, 5) is 6.51. The van der Waals surface area contributed by atoms with Gasteiger partial charge in [0.2, 0.25) is 15.9 Å². The summed E-state index contributed by atoms with van der Waals surface area (Å²) in [7, 11) is -10.1. The van der Waals surface area contributed by atoms with Crippen LogP contribution in [-0.2, 0) is 24.7 Å². The molecule has 1 rings (SSSR count). The summed E-state index contributed by atoms with van der Waals surface area (Å²) in [6.45, 7) is 0.449. The monoisotopic (exact) mass is 378 g/mol. The van der Waals surface area contributed by atoms with Crippen molar-refractivity contribution in [1.29, 1.82) is 0 Å². The number of sulfone groups is 1. The number of sulfonamides is 1. The molecule has 0 spiro atoms. The lowest BCUT2D eigenvalue weighted by atomic mass is 10.3. The van der Waals surface area contributed by atoms with Crippen molar-refractivity contribution in [2.45, 2.75) is 16.7 Å². The quantitative estimate of drug-likeness (QED) is 0.543. The summed E-state index contributed by atoms with van der Waals surface area (Å²) >= 11 is 0. The standard InChI is InChI=1S/C10H10F4N2O5S2/c1-4(17)16-2-3-22(18,19)9-5(11)7(13)10(23(15,20)21)8(14)6(9)12/h2-3H2,1H3,(H,16,17)(H2,15,20,21). The van der Waals surface area contributed by atoms with Crippen LogP contribution in [0.2, 0.25) is 0 Å². The van der Waals surface area contributed by atoms with Crippen molar-refractivity contribution in [3.05, 3.63) is 23.3 Å². The summed E-state index contributed by atoms with van der Waals surface area (Å²) in [6.07, 6.45) is 0. The molecule has 130 valence electrons. The SMILES string of the molecule is CC(=O)NCCS(=O)(=O)c1c(F)c(F)c(S(N)(=O)=O)c(F)c1F. The largest absolute Gasteiger partial charge is 0.355 e. The van der Waals surface area contributed by atoms with Gasteiger partial charge >= 0.3 is 0 Å². The van der Waals surface area contributed by atoms with Crippen LogP contribution < -0.4 is 10.5 Å². The van der Waals surface area contributed by atoms with Gasteiger partial charge in [-0.2, -0.15) is 0 Å². The van der Waals surface area contributed by atoms with Gasteiger partial charge in [0.25, 0.3) is 0 Å². The fraction of sp³-hybridized carbons (Fsp3) is 0.300. The third-order valence-electron chi connectivity index (χ3n) is 2.52. The van der Waals surface area contributed by atoms with Gasteiger partial charge in [-0.1, -0.05) is 0 Å². The first-order chi connectivity index (χ1) is 10.3. The Bertz CT molecular complexity index is 839. The van der Waals surface area contributed by atoms with Crippen LogP contribution in [0.15, 0.2) is 9.79 Å². The molecule has 0 aliphatic carbocycles. The number of rotatable bonds is 5. The van der Waals surface area contributed by atoms with Crippen molar-refractivity contribution in [2.24, 2.45) is 5.14 Å². The number of primary sulfonamides is 1. The minimum atomic E-state index is -5.18. The highest BCUT2D eigenvalue weighted by Gasteiger charge is 2.36. The molecular formula is C10H10F4N2O5S2. The number of nitrogens with two attached hydrogens (primary N) is 1. The van der Waals surface area contributed by atoms with Crippen LogP contribution >= 0.6 is 0 Å². The normalized spacial score (nSPS) is 12.3. The van der Waals surface area contributed by atoms with E-state index in [1.165, 1.54) is 0 Å². The number of hydrogen-bond acceptors (Lipinski definition) is 5. The van der Waals surface area contributed by atoms with Crippen molar-refractivity contribution < 1.29 is 39.2 Å². The van der Waals surface area contributed by atoms with Gasteiger partial charge in [-0.3, -0.25) is 4.79 Å². The molecule has 1 aromatic rings. The van der Waals surface area contributed by atoms with E-state index in [4.69, 9.17) is 0 Å². The zero-order chi connectivity index (χ0) is 18.2. The van der Waals surface area contributed by atoms with E-state index in [0.29, 0.717) is 0 Å². The molecule has 0 aliphatic rings. The average molecular weight is 378 g/mol. The summed E-state index contributed by atoms with van der Waals surface area (Å²) < 4.78 is 100. The first kappa shape index (κ1) is 19.3. The molecule has 0 aliphatic heterocycles. The Balaban J connectivity index is 3.54. The summed E-state index contributed by atoms with van der Waals surface area (Å²) in [5.74, 6) is -11.5. The number of carbonyl (C=O) groups is 1. The zero-order valence-electron chi connectivity index (χ0n) is 11.4. The second-order valence-corrected chi connectivity index (χ2v) is 7.81. The third-order valence-corrected chi connectivity index (χ3v) is 5.17. The fourth-order valence-electron chi connectivity index (χ4n) is 1.58. The number of carbonyl (C=O) groups excluding carboxylic acids is 1. The first-order valence-corrected chi connectivity index (χ1v) is 8.86. The van der Waals surface area contributed by atoms with E-state index in [0.717, 1.165) is 6.92 Å². The lowest BCUT2D eigenvalue weighted by Gasteiger charge is -2.11. The van der Waals surface area contributed by atoms with Crippen LogP contribution in [0.5, 0.6) is 0 Å². The molecule has 1 aromatic carbocycles. The van der Waals surface area contributed by atoms with E-state index in [2.05, 4.69) is 5.14 Å². The number of halogens is 4. The lowest BCUT2D eigenvalue weighted by molar-refractivity contribution is -0.118. The molecule has 1 amide bonds. The van der Waals surface area contributed by atoms with Crippen LogP contribution in [0.25, 0.3) is 0 Å². The molecule has 0 fully saturated rings. The van der Waals surface area contributed by atoms with Gasteiger partial charge in [0.1, 0.15) is 4.90 Å². The molecule has 0 heterocycles. The van der Waals surface area contributed by atoms with Gasteiger partial charge in [-0.15, -0.1) is 0 Å². The van der Waals surface area contributed by atoms with Gasteiger partial charge in [0.15, 0.2) is 38.0 Å². The zero-order valence-corrected chi connectivity index (χ0v) is 13.0. The van der Waals surface area contributed by atoms with Crippen molar-refractivity contribution in [3.8, 4) is 0 Å². The molecule has 3 N–H and O–H groups in total. The molecule has 0 atom stereocenters. The maximum Gasteiger partial charge on any atom is 0.244 e. The Morgan fingerprint density at radius 3 is 1.70 bits per heavy atom. The van der Waals surface area contributed by atoms with Gasteiger partial charge in [0, 0.05) is 13.5 Å². The van der Waals surface area contributed by atoms with Crippen molar-refractivity contribution in [2.75, 3.05) is 12.3 Å². The van der Waals surface area contributed by atoms with E-state index >= 15 is 0 Å². The predicted octanol–water partition coefficient (Wildman–Crippen LogP) is -0.200. The van der Waals surface area contributed by atoms with E-state index in [9.17, 15) is 39.2 Å². The van der Waals surface area contributed by atoms with Crippen LogP contribution in [0, 0.1) is 23.3 Å². The van der Waals surface area contributed by atoms with Gasteiger partial charge in [-0.25, -0.2) is 39.5 Å². The van der Waals surface area contributed by atoms with Crippen LogP contribution in [0.3, 0.4) is 0 Å². The van der Waals surface area contributed by atoms with Crippen LogP contribution in [0.4, 0.5) is 17.6 Å². The second-order valence-electron chi connectivity index (χ2n) is 4.26. The molecule has 13 heteroatoms. The van der Waals surface area contributed by atoms with E-state index in [-0.39, 0.29) is 0 Å². The van der Waals surface area contributed by atoms with Gasteiger partial charge < -0.3 is 5.32 Å². The third kappa shape index (κ3) is 3.97. The van der Waals surface area contributed by atoms with E-state index in [1.807, 2.05) is 5.32 Å². The minimum absolute atomic E-state index is 0.587. The Kier molecular flexibility index (Phi) is 5.38. The molecule has 23 heavy (non-hydrogen) atoms. The minimum Gasteiger partial charge on any atom is -0.355 e. The number of nitrogens with one attached hydrogen (secondary N) is 1. The smallest absolute Gasteiger partial charge is 0.244 e. The topological polar surface area (TPSA) is 123 Å². The Hall–Kier alpha value is -1.73. The summed E-state index contributed by atoms with van der Waals surface area (Å²) in [5, 5.41) is 6.44. The number of hydrogen-bond donors (Lipinski definition) is 2. The van der Waals surface area contributed by atoms with Gasteiger partial charge in [0.05, 0.1) is 5.75 Å². The highest BCUT2D eigenvalue weighted by Crippen LogP contribution is 2.30. The van der Waals surface area contributed by atoms with Crippen molar-refractivity contribution in [1.82, 2.24) is 5.32 Å². The van der Waals surface area contributed by atoms with E-state index in [1.54, 1.807) is 0 Å². The average Bonchev–Trinajstić information content (AvgIpc) is 2.34. The first-order valence-electron chi connectivity index (χ1n) is 5.66. The van der Waals surface area contributed by atoms with Crippen molar-refractivity contribution >= 4 is 25.8 Å². The maximum absolute atomic E-state index is 13.7. The lowest BCUT2D eigenvalue weighted by Crippen LogP contribution is -2.28.